The molecule has 1 rings (SSSR count). The van der Waals surface area contributed by atoms with Crippen molar-refractivity contribution < 1.29 is 4.39 Å². The fourth-order valence-corrected chi connectivity index (χ4v) is 0.860. The molecule has 0 unspecified atom stereocenters. The average Bonchev–Trinajstić information content (AvgIpc) is 1.94. The van der Waals surface area contributed by atoms with Crippen LogP contribution in [0.3, 0.4) is 0 Å². The summed E-state index contributed by atoms with van der Waals surface area (Å²) in [6.07, 6.45) is 2.97. The van der Waals surface area contributed by atoms with Gasteiger partial charge >= 0.3 is 0 Å². The Balaban J connectivity index is 3.10. The Morgan fingerprint density at radius 1 is 1.58 bits per heavy atom. The molecule has 0 fully saturated rings. The fourth-order valence-electron chi connectivity index (χ4n) is 0.860. The van der Waals surface area contributed by atoms with E-state index in [9.17, 15) is 4.39 Å². The summed E-state index contributed by atoms with van der Waals surface area (Å²) < 4.78 is 12.5. The van der Waals surface area contributed by atoms with Crippen molar-refractivity contribution in [3.8, 4) is 0 Å². The van der Waals surface area contributed by atoms with Gasteiger partial charge in [-0.25, -0.2) is 4.39 Å². The van der Waals surface area contributed by atoms with Crippen molar-refractivity contribution in [3.63, 3.8) is 0 Å². The minimum Gasteiger partial charge on any atom is -0.397 e. The smallest absolute Gasteiger partial charge is 0.143 e. The van der Waals surface area contributed by atoms with Crippen molar-refractivity contribution in [2.75, 3.05) is 5.73 Å². The van der Waals surface area contributed by atoms with E-state index in [1.54, 1.807) is 0 Å². The molecular weight excluding hydrogens is 155 g/mol. The highest BCUT2D eigenvalue weighted by atomic mass is 19.1. The monoisotopic (exact) mass is 166 g/mol. The van der Waals surface area contributed by atoms with Crippen LogP contribution in [0.25, 0.3) is 6.08 Å². The first-order chi connectivity index (χ1) is 5.59. The molecular formula is C9H11FN2. The highest BCUT2D eigenvalue weighted by molar-refractivity contribution is 5.61. The molecule has 1 heterocycles. The number of nitrogen functional groups attached to an aromatic ring is 1. The van der Waals surface area contributed by atoms with Crippen LogP contribution < -0.4 is 5.73 Å². The van der Waals surface area contributed by atoms with Gasteiger partial charge in [0.25, 0.3) is 0 Å². The summed E-state index contributed by atoms with van der Waals surface area (Å²) in [5.41, 5.74) is 7.60. The summed E-state index contributed by atoms with van der Waals surface area (Å²) >= 11 is 0. The molecule has 0 bridgehead atoms. The lowest BCUT2D eigenvalue weighted by atomic mass is 10.2. The third kappa shape index (κ3) is 2.05. The van der Waals surface area contributed by atoms with E-state index in [4.69, 9.17) is 5.73 Å². The van der Waals surface area contributed by atoms with Crippen LogP contribution in [0.1, 0.15) is 19.5 Å². The summed E-state index contributed by atoms with van der Waals surface area (Å²) in [5, 5.41) is 0. The van der Waals surface area contributed by atoms with Gasteiger partial charge in [-0.15, -0.1) is 0 Å². The second-order valence-corrected chi connectivity index (χ2v) is 2.85. The summed E-state index contributed by atoms with van der Waals surface area (Å²) in [4.78, 5) is 3.84. The van der Waals surface area contributed by atoms with Gasteiger partial charge in [-0.3, -0.25) is 4.98 Å². The molecule has 1 aromatic rings. The lowest BCUT2D eigenvalue weighted by Gasteiger charge is -1.99. The van der Waals surface area contributed by atoms with Gasteiger partial charge in [0, 0.05) is 6.07 Å². The summed E-state index contributed by atoms with van der Waals surface area (Å²) in [6, 6.07) is 1.27. The van der Waals surface area contributed by atoms with Crippen molar-refractivity contribution in [3.05, 3.63) is 29.3 Å². The van der Waals surface area contributed by atoms with Gasteiger partial charge in [-0.2, -0.15) is 0 Å². The quantitative estimate of drug-likeness (QED) is 0.694. The van der Waals surface area contributed by atoms with E-state index in [-0.39, 0.29) is 0 Å². The normalized spacial score (nSPS) is 9.58. The molecule has 0 radical (unpaired) electrons. The number of hydrogen-bond donors (Lipinski definition) is 1. The number of pyridine rings is 1. The number of halogens is 1. The van der Waals surface area contributed by atoms with E-state index in [2.05, 4.69) is 4.98 Å². The van der Waals surface area contributed by atoms with Crippen molar-refractivity contribution >= 4 is 11.8 Å². The standard InChI is InChI=1S/C9H11FN2/c1-6(2)3-9-8(11)4-7(10)5-12-9/h3-5H,11H2,1-2H3. The Labute approximate surface area is 70.9 Å². The van der Waals surface area contributed by atoms with Gasteiger partial charge < -0.3 is 5.73 Å². The predicted molar refractivity (Wildman–Crippen MR) is 47.9 cm³/mol. The number of allylic oxidation sites excluding steroid dienone is 1. The molecule has 0 aromatic carbocycles. The Kier molecular flexibility index (Phi) is 2.43. The zero-order chi connectivity index (χ0) is 9.14. The van der Waals surface area contributed by atoms with Gasteiger partial charge in [-0.05, 0) is 19.9 Å². The van der Waals surface area contributed by atoms with Gasteiger partial charge in [0.05, 0.1) is 17.6 Å². The molecule has 0 aliphatic heterocycles. The van der Waals surface area contributed by atoms with E-state index in [1.807, 2.05) is 19.9 Å². The van der Waals surface area contributed by atoms with E-state index >= 15 is 0 Å². The Hall–Kier alpha value is -1.38. The molecule has 0 aliphatic carbocycles. The molecule has 64 valence electrons. The van der Waals surface area contributed by atoms with Crippen molar-refractivity contribution in [2.24, 2.45) is 0 Å². The van der Waals surface area contributed by atoms with Crippen LogP contribution in [0, 0.1) is 5.82 Å². The largest absolute Gasteiger partial charge is 0.397 e. The SMILES string of the molecule is CC(C)=Cc1ncc(F)cc1N. The molecule has 0 atom stereocenters. The summed E-state index contributed by atoms with van der Waals surface area (Å²) in [5.74, 6) is -0.404. The summed E-state index contributed by atoms with van der Waals surface area (Å²) in [6.45, 7) is 3.87. The third-order valence-corrected chi connectivity index (χ3v) is 1.34. The highest BCUT2D eigenvalue weighted by Crippen LogP contribution is 2.13. The molecule has 0 saturated heterocycles. The topological polar surface area (TPSA) is 38.9 Å². The molecule has 0 aliphatic rings. The van der Waals surface area contributed by atoms with Crippen LogP contribution in [0.4, 0.5) is 10.1 Å². The summed E-state index contributed by atoms with van der Waals surface area (Å²) in [7, 11) is 0. The fraction of sp³-hybridized carbons (Fsp3) is 0.222. The first-order valence-corrected chi connectivity index (χ1v) is 3.65. The molecule has 0 amide bonds. The van der Waals surface area contributed by atoms with Crippen molar-refractivity contribution in [1.82, 2.24) is 4.98 Å². The first kappa shape index (κ1) is 8.71. The number of rotatable bonds is 1. The molecule has 1 aromatic heterocycles. The van der Waals surface area contributed by atoms with Crippen LogP contribution in [-0.4, -0.2) is 4.98 Å². The Morgan fingerprint density at radius 2 is 2.25 bits per heavy atom. The van der Waals surface area contributed by atoms with E-state index in [1.165, 1.54) is 6.07 Å². The average molecular weight is 166 g/mol. The van der Waals surface area contributed by atoms with E-state index < -0.39 is 5.82 Å². The van der Waals surface area contributed by atoms with Crippen LogP contribution >= 0.6 is 0 Å². The zero-order valence-electron chi connectivity index (χ0n) is 7.13. The van der Waals surface area contributed by atoms with Crippen LogP contribution in [-0.2, 0) is 0 Å². The van der Waals surface area contributed by atoms with Gasteiger partial charge in [-0.1, -0.05) is 5.57 Å². The molecule has 0 spiro atoms. The maximum atomic E-state index is 12.5. The minimum atomic E-state index is -0.404. The van der Waals surface area contributed by atoms with Crippen molar-refractivity contribution in [2.45, 2.75) is 13.8 Å². The number of nitrogens with zero attached hydrogens (tertiary/aromatic N) is 1. The van der Waals surface area contributed by atoms with Crippen molar-refractivity contribution in [1.29, 1.82) is 0 Å². The zero-order valence-corrected chi connectivity index (χ0v) is 7.13. The minimum absolute atomic E-state index is 0.371. The van der Waals surface area contributed by atoms with E-state index in [0.29, 0.717) is 11.4 Å². The van der Waals surface area contributed by atoms with E-state index in [0.717, 1.165) is 11.8 Å². The second-order valence-electron chi connectivity index (χ2n) is 2.85. The van der Waals surface area contributed by atoms with Crippen LogP contribution in [0.15, 0.2) is 17.8 Å². The molecule has 0 saturated carbocycles. The third-order valence-electron chi connectivity index (χ3n) is 1.34. The predicted octanol–water partition coefficient (Wildman–Crippen LogP) is 2.23. The van der Waals surface area contributed by atoms with Gasteiger partial charge in [0.15, 0.2) is 0 Å². The molecule has 12 heavy (non-hydrogen) atoms. The van der Waals surface area contributed by atoms with Gasteiger partial charge in [0.2, 0.25) is 0 Å². The maximum Gasteiger partial charge on any atom is 0.143 e. The Bertz CT molecular complexity index is 314. The lowest BCUT2D eigenvalue weighted by molar-refractivity contribution is 0.622. The number of hydrogen-bond acceptors (Lipinski definition) is 2. The molecule has 3 heteroatoms. The van der Waals surface area contributed by atoms with Crippen LogP contribution in [0.5, 0.6) is 0 Å². The first-order valence-electron chi connectivity index (χ1n) is 3.65. The number of nitrogens with two attached hydrogens (primary N) is 1. The molecule has 2 N–H and O–H groups in total. The number of anilines is 1. The van der Waals surface area contributed by atoms with Gasteiger partial charge in [0.1, 0.15) is 5.82 Å². The lowest BCUT2D eigenvalue weighted by Crippen LogP contribution is -1.94. The second kappa shape index (κ2) is 3.34. The Morgan fingerprint density at radius 3 is 2.75 bits per heavy atom. The molecule has 2 nitrogen and oxygen atoms in total. The highest BCUT2D eigenvalue weighted by Gasteiger charge is 1.98. The number of aromatic nitrogens is 1. The van der Waals surface area contributed by atoms with Crippen LogP contribution in [0.2, 0.25) is 0 Å². The maximum absolute atomic E-state index is 12.5.